The third kappa shape index (κ3) is 5.99. The molecule has 1 aromatic carbocycles. The third-order valence-electron chi connectivity index (χ3n) is 12.1. The van der Waals surface area contributed by atoms with E-state index in [1.54, 1.807) is 25.1 Å². The Kier molecular flexibility index (Phi) is 8.91. The average molecular weight is 595 g/mol. The lowest BCUT2D eigenvalue weighted by molar-refractivity contribution is -0.140. The van der Waals surface area contributed by atoms with Gasteiger partial charge in [-0.05, 0) is 130 Å². The number of aliphatic hydroxyl groups excluding tert-OH is 1. The molecule has 8 heteroatoms. The van der Waals surface area contributed by atoms with Gasteiger partial charge in [0.2, 0.25) is 0 Å². The zero-order chi connectivity index (χ0) is 30.2. The van der Waals surface area contributed by atoms with Crippen molar-refractivity contribution in [3.8, 4) is 0 Å². The number of amides is 1. The standard InChI is InChI=1S/C35H50N2O6/c1-4-41-33(40)37-24-6-8-26-22(19-32(39)43-30(26)21-24)13-16-36-17-18-42-31-10-9-28-27-7-5-23-20-25(38)11-14-34(23,2)29(27)12-15-35(28,31)3/h6,8,19,21,23,25,27-29,31,36,38H,4-5,7,9-18,20H2,1-3H3,(H,37,40)/t23-,25+,27-,28-,29-,31-,34-,35-/m0/s1. The van der Waals surface area contributed by atoms with Crippen LogP contribution in [0.5, 0.6) is 0 Å². The molecule has 1 amide bonds. The van der Waals surface area contributed by atoms with E-state index in [1.165, 1.54) is 44.9 Å². The predicted octanol–water partition coefficient (Wildman–Crippen LogP) is 6.28. The van der Waals surface area contributed by atoms with Gasteiger partial charge < -0.3 is 24.3 Å². The van der Waals surface area contributed by atoms with Crippen LogP contribution in [0.3, 0.4) is 0 Å². The minimum atomic E-state index is -0.538. The molecule has 6 rings (SSSR count). The topological polar surface area (TPSA) is 110 Å². The summed E-state index contributed by atoms with van der Waals surface area (Å²) in [5, 5.41) is 17.4. The number of rotatable bonds is 9. The third-order valence-corrected chi connectivity index (χ3v) is 12.1. The minimum Gasteiger partial charge on any atom is -0.450 e. The molecule has 0 saturated heterocycles. The van der Waals surface area contributed by atoms with E-state index in [9.17, 15) is 14.7 Å². The maximum atomic E-state index is 12.2. The number of benzene rings is 1. The van der Waals surface area contributed by atoms with Gasteiger partial charge in [-0.1, -0.05) is 13.8 Å². The van der Waals surface area contributed by atoms with Crippen LogP contribution in [0, 0.1) is 34.5 Å². The molecule has 4 aliphatic rings. The summed E-state index contributed by atoms with van der Waals surface area (Å²) in [5.41, 5.74) is 2.17. The number of hydrogen-bond donors (Lipinski definition) is 3. The quantitative estimate of drug-likeness (QED) is 0.231. The van der Waals surface area contributed by atoms with Gasteiger partial charge in [-0.25, -0.2) is 9.59 Å². The van der Waals surface area contributed by atoms with Crippen molar-refractivity contribution >= 4 is 22.7 Å². The Hall–Kier alpha value is -2.42. The molecule has 4 fully saturated rings. The van der Waals surface area contributed by atoms with E-state index >= 15 is 0 Å². The lowest BCUT2D eigenvalue weighted by atomic mass is 9.45. The van der Waals surface area contributed by atoms with Gasteiger partial charge in [-0.3, -0.25) is 5.32 Å². The SMILES string of the molecule is CCOC(=O)Nc1ccc2c(CCNCCO[C@H]3CC[C@H]4[C@@H]5CC[C@H]6C[C@H](O)CC[C@]6(C)[C@H]5CC[C@]34C)cc(=O)oc2c1. The summed E-state index contributed by atoms with van der Waals surface area (Å²) in [7, 11) is 0. The minimum absolute atomic E-state index is 0.0806. The Morgan fingerprint density at radius 2 is 1.84 bits per heavy atom. The van der Waals surface area contributed by atoms with Gasteiger partial charge in [0.1, 0.15) is 5.58 Å². The molecule has 3 N–H and O–H groups in total. The molecule has 4 saturated carbocycles. The number of carbonyl (C=O) groups excluding carboxylic acids is 1. The number of ether oxygens (including phenoxy) is 2. The molecule has 2 aromatic rings. The van der Waals surface area contributed by atoms with Crippen LogP contribution in [0.4, 0.5) is 10.5 Å². The normalized spacial score (nSPS) is 35.2. The fourth-order valence-electron chi connectivity index (χ4n) is 9.88. The first-order valence-electron chi connectivity index (χ1n) is 16.7. The van der Waals surface area contributed by atoms with E-state index in [1.807, 2.05) is 6.07 Å². The highest BCUT2D eigenvalue weighted by atomic mass is 16.5. The second-order valence-corrected chi connectivity index (χ2v) is 14.2. The Morgan fingerprint density at radius 1 is 1.02 bits per heavy atom. The van der Waals surface area contributed by atoms with Crippen molar-refractivity contribution in [3.05, 3.63) is 40.2 Å². The highest BCUT2D eigenvalue weighted by Crippen LogP contribution is 2.66. The molecule has 4 aliphatic carbocycles. The molecule has 0 bridgehead atoms. The van der Waals surface area contributed by atoms with Crippen molar-refractivity contribution < 1.29 is 23.8 Å². The molecular formula is C35H50N2O6. The molecule has 1 aromatic heterocycles. The Bertz CT molecular complexity index is 1360. The van der Waals surface area contributed by atoms with E-state index in [-0.39, 0.29) is 18.1 Å². The molecule has 0 radical (unpaired) electrons. The molecular weight excluding hydrogens is 544 g/mol. The fourth-order valence-corrected chi connectivity index (χ4v) is 9.88. The number of fused-ring (bicyclic) bond motifs is 6. The second kappa shape index (κ2) is 12.5. The molecule has 0 aliphatic heterocycles. The van der Waals surface area contributed by atoms with Gasteiger partial charge in [0.15, 0.2) is 0 Å². The van der Waals surface area contributed by atoms with Crippen LogP contribution in [0.15, 0.2) is 33.5 Å². The van der Waals surface area contributed by atoms with Crippen molar-refractivity contribution in [2.24, 2.45) is 34.5 Å². The van der Waals surface area contributed by atoms with Crippen LogP contribution in [0.1, 0.15) is 84.1 Å². The zero-order valence-electron chi connectivity index (χ0n) is 26.2. The maximum Gasteiger partial charge on any atom is 0.411 e. The van der Waals surface area contributed by atoms with Crippen molar-refractivity contribution in [2.75, 3.05) is 31.6 Å². The van der Waals surface area contributed by atoms with Crippen molar-refractivity contribution in [1.82, 2.24) is 5.32 Å². The van der Waals surface area contributed by atoms with Gasteiger partial charge in [0.25, 0.3) is 0 Å². The van der Waals surface area contributed by atoms with Gasteiger partial charge in [-0.2, -0.15) is 0 Å². The summed E-state index contributed by atoms with van der Waals surface area (Å²) in [4.78, 5) is 24.0. The Morgan fingerprint density at radius 3 is 2.67 bits per heavy atom. The summed E-state index contributed by atoms with van der Waals surface area (Å²) in [6, 6.07) is 6.87. The molecule has 236 valence electrons. The number of aliphatic hydroxyl groups is 1. The number of hydrogen-bond acceptors (Lipinski definition) is 7. The van der Waals surface area contributed by atoms with E-state index in [2.05, 4.69) is 24.5 Å². The summed E-state index contributed by atoms with van der Waals surface area (Å²) >= 11 is 0. The highest BCUT2D eigenvalue weighted by Gasteiger charge is 2.60. The summed E-state index contributed by atoms with van der Waals surface area (Å²) < 4.78 is 16.9. The second-order valence-electron chi connectivity index (χ2n) is 14.2. The monoisotopic (exact) mass is 594 g/mol. The Labute approximate surface area is 255 Å². The first-order valence-corrected chi connectivity index (χ1v) is 16.7. The molecule has 0 spiro atoms. The van der Waals surface area contributed by atoms with Crippen LogP contribution in [-0.4, -0.2) is 49.7 Å². The molecule has 8 atom stereocenters. The van der Waals surface area contributed by atoms with Gasteiger partial charge in [-0.15, -0.1) is 0 Å². The zero-order valence-corrected chi connectivity index (χ0v) is 26.2. The van der Waals surface area contributed by atoms with Crippen LogP contribution in [0.2, 0.25) is 0 Å². The number of anilines is 1. The molecule has 1 heterocycles. The van der Waals surface area contributed by atoms with E-state index in [4.69, 9.17) is 13.9 Å². The van der Waals surface area contributed by atoms with Crippen LogP contribution in [0.25, 0.3) is 11.0 Å². The lowest BCUT2D eigenvalue weighted by Gasteiger charge is -2.60. The molecule has 43 heavy (non-hydrogen) atoms. The van der Waals surface area contributed by atoms with Gasteiger partial charge in [0, 0.05) is 29.8 Å². The van der Waals surface area contributed by atoms with Crippen molar-refractivity contribution in [1.29, 1.82) is 0 Å². The average Bonchev–Trinajstić information content (AvgIpc) is 3.31. The number of nitrogens with one attached hydrogen (secondary N) is 2. The van der Waals surface area contributed by atoms with Crippen molar-refractivity contribution in [2.45, 2.75) is 97.2 Å². The van der Waals surface area contributed by atoms with Gasteiger partial charge in [0.05, 0.1) is 25.4 Å². The number of carbonyl (C=O) groups is 1. The first-order chi connectivity index (χ1) is 20.7. The highest BCUT2D eigenvalue weighted by molar-refractivity contribution is 5.90. The maximum absolute atomic E-state index is 12.2. The summed E-state index contributed by atoms with van der Waals surface area (Å²) in [6.45, 7) is 9.30. The van der Waals surface area contributed by atoms with E-state index < -0.39 is 11.7 Å². The molecule has 0 unspecified atom stereocenters. The van der Waals surface area contributed by atoms with Crippen LogP contribution < -0.4 is 16.3 Å². The summed E-state index contributed by atoms with van der Waals surface area (Å²) in [5.74, 6) is 3.10. The lowest BCUT2D eigenvalue weighted by Crippen LogP contribution is -2.54. The van der Waals surface area contributed by atoms with Crippen molar-refractivity contribution in [3.63, 3.8) is 0 Å². The Balaban J connectivity index is 0.989. The summed E-state index contributed by atoms with van der Waals surface area (Å²) in [6.07, 6.45) is 11.3. The van der Waals surface area contributed by atoms with Crippen LogP contribution in [-0.2, 0) is 15.9 Å². The van der Waals surface area contributed by atoms with Gasteiger partial charge >= 0.3 is 11.7 Å². The largest absolute Gasteiger partial charge is 0.450 e. The smallest absolute Gasteiger partial charge is 0.411 e. The van der Waals surface area contributed by atoms with Crippen LogP contribution >= 0.6 is 0 Å². The molecule has 8 nitrogen and oxygen atoms in total. The fraction of sp³-hybridized carbons (Fsp3) is 0.714. The first kappa shape index (κ1) is 30.6. The van der Waals surface area contributed by atoms with E-state index in [0.29, 0.717) is 41.7 Å². The predicted molar refractivity (Wildman–Crippen MR) is 167 cm³/mol. The van der Waals surface area contributed by atoms with E-state index in [0.717, 1.165) is 54.6 Å².